The standard InChI is InChI=1S/C16H23N3O/c1-2-9-18-16(20)13-10-15(12-17-11-13)19-14-7-5-3-4-6-8-14/h2,10-12,14,19H,1,3-9H2,(H,18,20). The fraction of sp³-hybridized carbons (Fsp3) is 0.500. The van der Waals surface area contributed by atoms with Crippen LogP contribution in [0, 0.1) is 0 Å². The lowest BCUT2D eigenvalue weighted by Crippen LogP contribution is -2.24. The molecule has 2 N–H and O–H groups in total. The summed E-state index contributed by atoms with van der Waals surface area (Å²) in [4.78, 5) is 16.0. The van der Waals surface area contributed by atoms with Gasteiger partial charge in [-0.3, -0.25) is 9.78 Å². The molecule has 0 bridgehead atoms. The number of anilines is 1. The number of carbonyl (C=O) groups is 1. The number of rotatable bonds is 5. The second kappa shape index (κ2) is 7.68. The van der Waals surface area contributed by atoms with Crippen LogP contribution in [0.4, 0.5) is 5.69 Å². The zero-order chi connectivity index (χ0) is 14.2. The third kappa shape index (κ3) is 4.37. The summed E-state index contributed by atoms with van der Waals surface area (Å²) in [5.74, 6) is -0.109. The first-order chi connectivity index (χ1) is 9.79. The minimum Gasteiger partial charge on any atom is -0.381 e. The SMILES string of the molecule is C=CCNC(=O)c1cncc(NC2CCCCCC2)c1. The molecule has 1 aromatic rings. The van der Waals surface area contributed by atoms with Crippen LogP contribution in [-0.2, 0) is 0 Å². The van der Waals surface area contributed by atoms with Crippen LogP contribution in [0.15, 0.2) is 31.1 Å². The van der Waals surface area contributed by atoms with Gasteiger partial charge in [-0.15, -0.1) is 6.58 Å². The van der Waals surface area contributed by atoms with Crippen molar-refractivity contribution in [3.05, 3.63) is 36.7 Å². The van der Waals surface area contributed by atoms with E-state index in [2.05, 4.69) is 22.2 Å². The largest absolute Gasteiger partial charge is 0.381 e. The molecule has 1 heterocycles. The highest BCUT2D eigenvalue weighted by molar-refractivity contribution is 5.94. The zero-order valence-electron chi connectivity index (χ0n) is 11.9. The van der Waals surface area contributed by atoms with Crippen molar-refractivity contribution >= 4 is 11.6 Å². The first-order valence-corrected chi connectivity index (χ1v) is 7.40. The number of pyridine rings is 1. The molecular weight excluding hydrogens is 250 g/mol. The maximum Gasteiger partial charge on any atom is 0.253 e. The Kier molecular flexibility index (Phi) is 5.59. The maximum atomic E-state index is 11.9. The van der Waals surface area contributed by atoms with Gasteiger partial charge in [0, 0.05) is 25.0 Å². The summed E-state index contributed by atoms with van der Waals surface area (Å²) in [6.45, 7) is 4.06. The van der Waals surface area contributed by atoms with E-state index >= 15 is 0 Å². The smallest absolute Gasteiger partial charge is 0.253 e. The molecule has 1 aromatic heterocycles. The average Bonchev–Trinajstić information content (AvgIpc) is 2.73. The first-order valence-electron chi connectivity index (χ1n) is 7.40. The molecule has 0 atom stereocenters. The van der Waals surface area contributed by atoms with Gasteiger partial charge in [-0.25, -0.2) is 0 Å². The van der Waals surface area contributed by atoms with E-state index in [1.165, 1.54) is 38.5 Å². The molecule has 0 saturated heterocycles. The highest BCUT2D eigenvalue weighted by atomic mass is 16.1. The predicted molar refractivity (Wildman–Crippen MR) is 81.9 cm³/mol. The molecule has 0 unspecified atom stereocenters. The van der Waals surface area contributed by atoms with E-state index in [4.69, 9.17) is 0 Å². The van der Waals surface area contributed by atoms with Crippen LogP contribution >= 0.6 is 0 Å². The molecule has 1 saturated carbocycles. The van der Waals surface area contributed by atoms with Crippen LogP contribution in [-0.4, -0.2) is 23.5 Å². The van der Waals surface area contributed by atoms with Gasteiger partial charge < -0.3 is 10.6 Å². The topological polar surface area (TPSA) is 54.0 Å². The molecule has 1 fully saturated rings. The number of hydrogen-bond donors (Lipinski definition) is 2. The number of amides is 1. The van der Waals surface area contributed by atoms with Gasteiger partial charge in [0.1, 0.15) is 0 Å². The molecule has 0 radical (unpaired) electrons. The fourth-order valence-electron chi connectivity index (χ4n) is 2.57. The fourth-order valence-corrected chi connectivity index (χ4v) is 2.57. The predicted octanol–water partition coefficient (Wildman–Crippen LogP) is 3.13. The summed E-state index contributed by atoms with van der Waals surface area (Å²) in [6, 6.07) is 2.38. The number of nitrogens with one attached hydrogen (secondary N) is 2. The van der Waals surface area contributed by atoms with E-state index in [0.717, 1.165) is 5.69 Å². The van der Waals surface area contributed by atoms with Gasteiger partial charge >= 0.3 is 0 Å². The molecule has 0 spiro atoms. The first kappa shape index (κ1) is 14.6. The van der Waals surface area contributed by atoms with Crippen molar-refractivity contribution in [1.82, 2.24) is 10.3 Å². The van der Waals surface area contributed by atoms with Gasteiger partial charge in [0.15, 0.2) is 0 Å². The van der Waals surface area contributed by atoms with Gasteiger partial charge in [0.25, 0.3) is 5.91 Å². The van der Waals surface area contributed by atoms with Crippen LogP contribution in [0.3, 0.4) is 0 Å². The number of carbonyl (C=O) groups excluding carboxylic acids is 1. The highest BCUT2D eigenvalue weighted by Gasteiger charge is 2.13. The van der Waals surface area contributed by atoms with Gasteiger partial charge in [-0.1, -0.05) is 31.8 Å². The minimum absolute atomic E-state index is 0.109. The van der Waals surface area contributed by atoms with Crippen LogP contribution in [0.2, 0.25) is 0 Å². The Labute approximate surface area is 120 Å². The van der Waals surface area contributed by atoms with Crippen molar-refractivity contribution in [3.8, 4) is 0 Å². The lowest BCUT2D eigenvalue weighted by atomic mass is 10.1. The molecule has 0 aromatic carbocycles. The van der Waals surface area contributed by atoms with Crippen molar-refractivity contribution in [1.29, 1.82) is 0 Å². The molecule has 0 aliphatic heterocycles. The van der Waals surface area contributed by atoms with E-state index in [9.17, 15) is 4.79 Å². The zero-order valence-corrected chi connectivity index (χ0v) is 11.9. The normalized spacial score (nSPS) is 16.2. The Morgan fingerprint density at radius 1 is 1.30 bits per heavy atom. The third-order valence-corrected chi connectivity index (χ3v) is 3.63. The van der Waals surface area contributed by atoms with Crippen LogP contribution < -0.4 is 10.6 Å². The quantitative estimate of drug-likeness (QED) is 0.640. The summed E-state index contributed by atoms with van der Waals surface area (Å²) in [7, 11) is 0. The molecule has 20 heavy (non-hydrogen) atoms. The maximum absolute atomic E-state index is 11.9. The van der Waals surface area contributed by atoms with Crippen molar-refractivity contribution < 1.29 is 4.79 Å². The molecule has 2 rings (SSSR count). The second-order valence-electron chi connectivity index (χ2n) is 5.29. The molecule has 4 heteroatoms. The Morgan fingerprint density at radius 2 is 2.05 bits per heavy atom. The summed E-state index contributed by atoms with van der Waals surface area (Å²) in [6.07, 6.45) is 12.7. The van der Waals surface area contributed by atoms with Crippen molar-refractivity contribution in [2.45, 2.75) is 44.6 Å². The summed E-state index contributed by atoms with van der Waals surface area (Å²) >= 11 is 0. The van der Waals surface area contributed by atoms with Gasteiger partial charge in [-0.2, -0.15) is 0 Å². The summed E-state index contributed by atoms with van der Waals surface area (Å²) in [5.41, 5.74) is 1.52. The Balaban J connectivity index is 1.97. The monoisotopic (exact) mass is 273 g/mol. The molecule has 1 amide bonds. The minimum atomic E-state index is -0.109. The van der Waals surface area contributed by atoms with E-state index in [0.29, 0.717) is 18.2 Å². The van der Waals surface area contributed by atoms with E-state index < -0.39 is 0 Å². The van der Waals surface area contributed by atoms with Crippen molar-refractivity contribution in [3.63, 3.8) is 0 Å². The third-order valence-electron chi connectivity index (χ3n) is 3.63. The van der Waals surface area contributed by atoms with E-state index in [1.54, 1.807) is 18.5 Å². The highest BCUT2D eigenvalue weighted by Crippen LogP contribution is 2.21. The molecule has 1 aliphatic carbocycles. The molecule has 1 aliphatic rings. The van der Waals surface area contributed by atoms with E-state index in [-0.39, 0.29) is 5.91 Å². The van der Waals surface area contributed by atoms with Gasteiger partial charge in [0.05, 0.1) is 11.3 Å². The van der Waals surface area contributed by atoms with Gasteiger partial charge in [-0.05, 0) is 18.9 Å². The Bertz CT molecular complexity index is 451. The summed E-state index contributed by atoms with van der Waals surface area (Å²) < 4.78 is 0. The van der Waals surface area contributed by atoms with Crippen LogP contribution in [0.5, 0.6) is 0 Å². The van der Waals surface area contributed by atoms with Gasteiger partial charge in [0.2, 0.25) is 0 Å². The van der Waals surface area contributed by atoms with Crippen LogP contribution in [0.25, 0.3) is 0 Å². The van der Waals surface area contributed by atoms with E-state index in [1.807, 2.05) is 6.07 Å². The molecule has 108 valence electrons. The number of aromatic nitrogens is 1. The van der Waals surface area contributed by atoms with Crippen molar-refractivity contribution in [2.75, 3.05) is 11.9 Å². The summed E-state index contributed by atoms with van der Waals surface area (Å²) in [5, 5.41) is 6.27. The van der Waals surface area contributed by atoms with Crippen LogP contribution in [0.1, 0.15) is 48.9 Å². The number of nitrogens with zero attached hydrogens (tertiary/aromatic N) is 1. The lowest BCUT2D eigenvalue weighted by molar-refractivity contribution is 0.0957. The second-order valence-corrected chi connectivity index (χ2v) is 5.29. The Hall–Kier alpha value is -1.84. The number of hydrogen-bond acceptors (Lipinski definition) is 3. The van der Waals surface area contributed by atoms with Crippen molar-refractivity contribution in [2.24, 2.45) is 0 Å². The Morgan fingerprint density at radius 3 is 2.75 bits per heavy atom. The molecule has 4 nitrogen and oxygen atoms in total. The average molecular weight is 273 g/mol. The molecular formula is C16H23N3O. The lowest BCUT2D eigenvalue weighted by Gasteiger charge is -2.17.